The Morgan fingerprint density at radius 3 is 2.30 bits per heavy atom. The summed E-state index contributed by atoms with van der Waals surface area (Å²) in [5, 5.41) is 3.37. The van der Waals surface area contributed by atoms with Gasteiger partial charge in [-0.3, -0.25) is 9.78 Å². The normalized spacial score (nSPS) is 13.8. The van der Waals surface area contributed by atoms with E-state index < -0.39 is 27.6 Å². The average molecular weight is 395 g/mol. The molecule has 3 rings (SSSR count). The van der Waals surface area contributed by atoms with Crippen molar-refractivity contribution >= 4 is 15.6 Å². The first kappa shape index (κ1) is 18.8. The molecule has 2 aromatic heterocycles. The van der Waals surface area contributed by atoms with Crippen LogP contribution in [0.5, 0.6) is 0 Å². The summed E-state index contributed by atoms with van der Waals surface area (Å²) in [6, 6.07) is 9.32. The van der Waals surface area contributed by atoms with Crippen LogP contribution >= 0.6 is 0 Å². The molecule has 0 saturated carbocycles. The third-order valence-corrected chi connectivity index (χ3v) is 5.22. The van der Waals surface area contributed by atoms with Gasteiger partial charge in [0.1, 0.15) is 5.69 Å². The number of halogens is 3. The van der Waals surface area contributed by atoms with E-state index in [4.69, 9.17) is 0 Å². The van der Waals surface area contributed by atoms with E-state index in [0.29, 0.717) is 10.5 Å². The minimum Gasteiger partial charge on any atom is -0.351 e. The molecule has 1 atom stereocenters. The van der Waals surface area contributed by atoms with Crippen LogP contribution in [0.15, 0.2) is 68.6 Å². The van der Waals surface area contributed by atoms with E-state index in [9.17, 15) is 22.2 Å². The molecule has 1 aromatic carbocycles. The van der Waals surface area contributed by atoms with Gasteiger partial charge >= 0.3 is 6.18 Å². The first-order valence-electron chi connectivity index (χ1n) is 7.48. The summed E-state index contributed by atoms with van der Waals surface area (Å²) >= 11 is 0. The minimum absolute atomic E-state index is 0.0191. The van der Waals surface area contributed by atoms with Crippen LogP contribution in [-0.4, -0.2) is 26.5 Å². The van der Waals surface area contributed by atoms with Crippen LogP contribution in [0, 0.1) is 0 Å². The van der Waals surface area contributed by atoms with Gasteiger partial charge in [-0.15, -0.1) is 0 Å². The van der Waals surface area contributed by atoms with E-state index in [1.54, 1.807) is 0 Å². The second-order valence-corrected chi connectivity index (χ2v) is 7.79. The predicted molar refractivity (Wildman–Crippen MR) is 90.3 cm³/mol. The second kappa shape index (κ2) is 6.95. The van der Waals surface area contributed by atoms with Gasteiger partial charge in [0, 0.05) is 35.8 Å². The molecule has 27 heavy (non-hydrogen) atoms. The largest absolute Gasteiger partial charge is 0.452 e. The quantitative estimate of drug-likeness (QED) is 0.668. The van der Waals surface area contributed by atoms with Gasteiger partial charge in [0.05, 0.1) is 14.6 Å². The van der Waals surface area contributed by atoms with Crippen molar-refractivity contribution in [3.05, 3.63) is 66.2 Å². The number of benzene rings is 1. The van der Waals surface area contributed by atoms with Crippen molar-refractivity contribution in [3.63, 3.8) is 0 Å². The molecule has 0 bridgehead atoms. The molecule has 6 nitrogen and oxygen atoms in total. The standard InChI is InChI=1S/C17H12F3N3O3S/c1-27(25,13-6-8-21-9-7-13)23-16(24)12-4-2-11(3-5-12)14-10-15(26-22-14)17(18,19)20/h2-10H,1H3. The third-order valence-electron chi connectivity index (χ3n) is 3.56. The summed E-state index contributed by atoms with van der Waals surface area (Å²) in [6.07, 6.45) is -0.405. The van der Waals surface area contributed by atoms with Crippen molar-refractivity contribution in [2.75, 3.05) is 6.26 Å². The lowest BCUT2D eigenvalue weighted by atomic mass is 10.1. The molecule has 0 radical (unpaired) electrons. The number of hydrogen-bond donors (Lipinski definition) is 0. The molecule has 1 unspecified atom stereocenters. The first-order chi connectivity index (χ1) is 12.7. The van der Waals surface area contributed by atoms with Gasteiger partial charge in [-0.1, -0.05) is 17.3 Å². The topological polar surface area (TPSA) is 85.4 Å². The Hall–Kier alpha value is -3.01. The summed E-state index contributed by atoms with van der Waals surface area (Å²) in [6.45, 7) is 0. The third kappa shape index (κ3) is 4.22. The molecule has 0 fully saturated rings. The van der Waals surface area contributed by atoms with Crippen LogP contribution in [0.3, 0.4) is 0 Å². The molecule has 10 heteroatoms. The van der Waals surface area contributed by atoms with Gasteiger partial charge in [0.25, 0.3) is 5.91 Å². The second-order valence-electron chi connectivity index (χ2n) is 5.53. The lowest BCUT2D eigenvalue weighted by Gasteiger charge is -2.04. The van der Waals surface area contributed by atoms with Crippen molar-refractivity contribution in [2.45, 2.75) is 11.1 Å². The van der Waals surface area contributed by atoms with E-state index in [-0.39, 0.29) is 11.3 Å². The maximum atomic E-state index is 12.6. The Morgan fingerprint density at radius 2 is 1.74 bits per heavy atom. The minimum atomic E-state index is -4.63. The van der Waals surface area contributed by atoms with Crippen molar-refractivity contribution in [3.8, 4) is 11.3 Å². The summed E-state index contributed by atoms with van der Waals surface area (Å²) in [7, 11) is -2.95. The van der Waals surface area contributed by atoms with Crippen LogP contribution in [0.1, 0.15) is 16.1 Å². The Labute approximate surface area is 152 Å². The fourth-order valence-corrected chi connectivity index (χ4v) is 3.34. The Kier molecular flexibility index (Phi) is 4.83. The molecular weight excluding hydrogens is 383 g/mol. The lowest BCUT2D eigenvalue weighted by Crippen LogP contribution is -2.04. The molecule has 3 aromatic rings. The van der Waals surface area contributed by atoms with Gasteiger partial charge in [-0.2, -0.15) is 17.5 Å². The van der Waals surface area contributed by atoms with Crippen molar-refractivity contribution < 1.29 is 26.7 Å². The molecule has 0 N–H and O–H groups in total. The highest BCUT2D eigenvalue weighted by atomic mass is 32.2. The number of alkyl halides is 3. The molecule has 0 aliphatic carbocycles. The summed E-state index contributed by atoms with van der Waals surface area (Å²) in [4.78, 5) is 16.5. The van der Waals surface area contributed by atoms with Gasteiger partial charge in [0.15, 0.2) is 0 Å². The van der Waals surface area contributed by atoms with Crippen LogP contribution < -0.4 is 0 Å². The number of hydrogen-bond acceptors (Lipinski definition) is 5. The van der Waals surface area contributed by atoms with Crippen molar-refractivity contribution in [2.24, 2.45) is 4.36 Å². The fourth-order valence-electron chi connectivity index (χ4n) is 2.18. The lowest BCUT2D eigenvalue weighted by molar-refractivity contribution is -0.155. The maximum absolute atomic E-state index is 12.6. The summed E-state index contributed by atoms with van der Waals surface area (Å²) in [5.41, 5.74) is 0.452. The number of nitrogens with zero attached hydrogens (tertiary/aromatic N) is 3. The number of rotatable bonds is 3. The highest BCUT2D eigenvalue weighted by Crippen LogP contribution is 2.32. The van der Waals surface area contributed by atoms with Crippen LogP contribution in [0.2, 0.25) is 0 Å². The van der Waals surface area contributed by atoms with Gasteiger partial charge in [0.2, 0.25) is 5.76 Å². The molecule has 0 aliphatic rings. The van der Waals surface area contributed by atoms with Gasteiger partial charge in [-0.05, 0) is 24.3 Å². The zero-order valence-electron chi connectivity index (χ0n) is 13.8. The molecule has 140 valence electrons. The first-order valence-corrected chi connectivity index (χ1v) is 9.40. The number of aromatic nitrogens is 2. The number of amides is 1. The maximum Gasteiger partial charge on any atom is 0.452 e. The molecular formula is C17H12F3N3O3S. The van der Waals surface area contributed by atoms with E-state index in [2.05, 4.69) is 19.0 Å². The summed E-state index contributed by atoms with van der Waals surface area (Å²) in [5.74, 6) is -1.92. The average Bonchev–Trinajstić information content (AvgIpc) is 3.13. The number of pyridine rings is 1. The number of carbonyl (C=O) groups is 1. The van der Waals surface area contributed by atoms with E-state index in [1.807, 2.05) is 0 Å². The molecule has 1 amide bonds. The van der Waals surface area contributed by atoms with Crippen LogP contribution in [0.25, 0.3) is 11.3 Å². The smallest absolute Gasteiger partial charge is 0.351 e. The van der Waals surface area contributed by atoms with Crippen molar-refractivity contribution in [1.82, 2.24) is 10.1 Å². The van der Waals surface area contributed by atoms with Gasteiger partial charge < -0.3 is 4.52 Å². The monoisotopic (exact) mass is 395 g/mol. The fraction of sp³-hybridized carbons (Fsp3) is 0.118. The van der Waals surface area contributed by atoms with Gasteiger partial charge in [-0.25, -0.2) is 4.21 Å². The molecule has 0 spiro atoms. The van der Waals surface area contributed by atoms with Crippen LogP contribution in [-0.2, 0) is 15.9 Å². The highest BCUT2D eigenvalue weighted by Gasteiger charge is 2.36. The number of carbonyl (C=O) groups excluding carboxylic acids is 1. The van der Waals surface area contributed by atoms with E-state index in [1.165, 1.54) is 55.0 Å². The Bertz CT molecular complexity index is 1080. The molecule has 0 saturated heterocycles. The zero-order chi connectivity index (χ0) is 19.7. The highest BCUT2D eigenvalue weighted by molar-refractivity contribution is 7.93. The van der Waals surface area contributed by atoms with E-state index >= 15 is 0 Å². The Morgan fingerprint density at radius 1 is 1.11 bits per heavy atom. The summed E-state index contributed by atoms with van der Waals surface area (Å²) < 4.78 is 58.3. The van der Waals surface area contributed by atoms with Crippen molar-refractivity contribution in [1.29, 1.82) is 0 Å². The van der Waals surface area contributed by atoms with E-state index in [0.717, 1.165) is 6.07 Å². The Balaban J connectivity index is 1.85. The predicted octanol–water partition coefficient (Wildman–Crippen LogP) is 4.05. The SMILES string of the molecule is CS(=O)(=NC(=O)c1ccc(-c2cc(C(F)(F)F)on2)cc1)c1ccncc1. The molecule has 2 heterocycles. The van der Waals surface area contributed by atoms with Crippen LogP contribution in [0.4, 0.5) is 13.2 Å². The zero-order valence-corrected chi connectivity index (χ0v) is 14.6. The molecule has 0 aliphatic heterocycles.